The fourth-order valence-electron chi connectivity index (χ4n) is 2.23. The van der Waals surface area contributed by atoms with Crippen molar-refractivity contribution in [1.29, 1.82) is 0 Å². The van der Waals surface area contributed by atoms with E-state index >= 15 is 0 Å². The molecular formula is C13H10N6O. The van der Waals surface area contributed by atoms with Gasteiger partial charge in [0.25, 0.3) is 0 Å². The Bertz CT molecular complexity index is 993. The summed E-state index contributed by atoms with van der Waals surface area (Å²) >= 11 is 0. The van der Waals surface area contributed by atoms with Crippen molar-refractivity contribution < 1.29 is 0 Å². The summed E-state index contributed by atoms with van der Waals surface area (Å²) in [6, 6.07) is 9.31. The Balaban J connectivity index is 2.10. The zero-order valence-electron chi connectivity index (χ0n) is 10.6. The molecule has 0 bridgehead atoms. The maximum atomic E-state index is 12.0. The number of nitrogens with one attached hydrogen (secondary N) is 1. The quantitative estimate of drug-likeness (QED) is 0.556. The van der Waals surface area contributed by atoms with Crippen molar-refractivity contribution in [3.8, 4) is 11.5 Å². The summed E-state index contributed by atoms with van der Waals surface area (Å²) in [7, 11) is 1.82. The first kappa shape index (κ1) is 10.9. The third kappa shape index (κ3) is 1.46. The smallest absolute Gasteiger partial charge is 0.305 e. The van der Waals surface area contributed by atoms with Gasteiger partial charge in [-0.1, -0.05) is 12.1 Å². The van der Waals surface area contributed by atoms with E-state index in [1.807, 2.05) is 43.6 Å². The first-order valence-corrected chi connectivity index (χ1v) is 6.10. The fourth-order valence-corrected chi connectivity index (χ4v) is 2.23. The molecule has 0 saturated heterocycles. The lowest BCUT2D eigenvalue weighted by atomic mass is 10.2. The number of rotatable bonds is 1. The minimum absolute atomic E-state index is 0.312. The Kier molecular flexibility index (Phi) is 2.06. The normalized spacial score (nSPS) is 11.4. The van der Waals surface area contributed by atoms with Crippen LogP contribution in [0.5, 0.6) is 0 Å². The minimum Gasteiger partial charge on any atom is -0.305 e. The summed E-state index contributed by atoms with van der Waals surface area (Å²) < 4.78 is 2.94. The van der Waals surface area contributed by atoms with Gasteiger partial charge in [-0.2, -0.15) is 9.61 Å². The monoisotopic (exact) mass is 266 g/mol. The lowest BCUT2D eigenvalue weighted by molar-refractivity contribution is 0.767. The average molecular weight is 266 g/mol. The molecule has 0 aliphatic carbocycles. The number of H-pyrrole nitrogens is 1. The number of hydrogen-bond donors (Lipinski definition) is 1. The molecule has 0 radical (unpaired) electrons. The molecule has 0 amide bonds. The van der Waals surface area contributed by atoms with Crippen LogP contribution in [0, 0.1) is 0 Å². The van der Waals surface area contributed by atoms with Gasteiger partial charge in [-0.3, -0.25) is 4.68 Å². The van der Waals surface area contributed by atoms with Gasteiger partial charge in [0.05, 0.1) is 5.52 Å². The summed E-state index contributed by atoms with van der Waals surface area (Å²) in [4.78, 5) is 19.2. The lowest BCUT2D eigenvalue weighted by Crippen LogP contribution is -2.17. The molecule has 0 atom stereocenters. The van der Waals surface area contributed by atoms with Crippen molar-refractivity contribution in [1.82, 2.24) is 29.4 Å². The summed E-state index contributed by atoms with van der Waals surface area (Å²) in [5.41, 5.74) is 1.60. The van der Waals surface area contributed by atoms with Gasteiger partial charge in [0.2, 0.25) is 5.82 Å². The molecule has 98 valence electrons. The topological polar surface area (TPSA) is 80.9 Å². The maximum Gasteiger partial charge on any atom is 0.348 e. The van der Waals surface area contributed by atoms with E-state index < -0.39 is 0 Å². The predicted octanol–water partition coefficient (Wildman–Crippen LogP) is 0.971. The Hall–Kier alpha value is -2.96. The van der Waals surface area contributed by atoms with E-state index in [-0.39, 0.29) is 5.69 Å². The summed E-state index contributed by atoms with van der Waals surface area (Å²) in [6.45, 7) is 0. The van der Waals surface area contributed by atoms with Gasteiger partial charge in [-0.05, 0) is 18.2 Å². The fraction of sp³-hybridized carbons (Fsp3) is 0.0769. The number of nitrogens with zero attached hydrogens (tertiary/aromatic N) is 5. The SMILES string of the molecule is Cn1ccc(-c2nc3c4ccccc4[nH]c(=O)n3n2)n1. The van der Waals surface area contributed by atoms with Crippen molar-refractivity contribution in [2.75, 3.05) is 0 Å². The van der Waals surface area contributed by atoms with Crippen molar-refractivity contribution in [3.63, 3.8) is 0 Å². The summed E-state index contributed by atoms with van der Waals surface area (Å²) in [6.07, 6.45) is 1.81. The highest BCUT2D eigenvalue weighted by atomic mass is 16.1. The molecular weight excluding hydrogens is 256 g/mol. The average Bonchev–Trinajstić information content (AvgIpc) is 3.05. The first-order chi connectivity index (χ1) is 9.72. The van der Waals surface area contributed by atoms with E-state index in [1.165, 1.54) is 4.52 Å². The number of hydrogen-bond acceptors (Lipinski definition) is 4. The zero-order valence-corrected chi connectivity index (χ0v) is 10.6. The molecule has 0 aliphatic rings. The van der Waals surface area contributed by atoms with Crippen LogP contribution in [-0.2, 0) is 7.05 Å². The largest absolute Gasteiger partial charge is 0.348 e. The second-order valence-corrected chi connectivity index (χ2v) is 4.52. The summed E-state index contributed by atoms with van der Waals surface area (Å²) in [5.74, 6) is 0.437. The van der Waals surface area contributed by atoms with Gasteiger partial charge in [0.1, 0.15) is 5.69 Å². The Morgan fingerprint density at radius 3 is 2.80 bits per heavy atom. The van der Waals surface area contributed by atoms with E-state index in [0.717, 1.165) is 10.9 Å². The molecule has 4 aromatic rings. The molecule has 20 heavy (non-hydrogen) atoms. The molecule has 7 nitrogen and oxygen atoms in total. The van der Waals surface area contributed by atoms with E-state index in [9.17, 15) is 4.79 Å². The van der Waals surface area contributed by atoms with E-state index in [0.29, 0.717) is 17.2 Å². The molecule has 0 fully saturated rings. The number of aromatic amines is 1. The molecule has 3 aromatic heterocycles. The molecule has 1 aromatic carbocycles. The predicted molar refractivity (Wildman–Crippen MR) is 73.3 cm³/mol. The van der Waals surface area contributed by atoms with Crippen molar-refractivity contribution in [3.05, 3.63) is 47.0 Å². The van der Waals surface area contributed by atoms with Crippen LogP contribution >= 0.6 is 0 Å². The number of aromatic nitrogens is 6. The molecule has 0 spiro atoms. The Morgan fingerprint density at radius 1 is 1.15 bits per heavy atom. The molecule has 0 unspecified atom stereocenters. The molecule has 7 heteroatoms. The third-order valence-electron chi connectivity index (χ3n) is 3.15. The highest BCUT2D eigenvalue weighted by Gasteiger charge is 2.13. The lowest BCUT2D eigenvalue weighted by Gasteiger charge is -1.97. The van der Waals surface area contributed by atoms with Crippen LogP contribution in [0.4, 0.5) is 0 Å². The Labute approximate surface area is 112 Å². The van der Waals surface area contributed by atoms with Gasteiger partial charge >= 0.3 is 5.69 Å². The molecule has 1 N–H and O–H groups in total. The van der Waals surface area contributed by atoms with Crippen LogP contribution in [0.1, 0.15) is 0 Å². The van der Waals surface area contributed by atoms with Gasteiger partial charge in [-0.15, -0.1) is 5.10 Å². The van der Waals surface area contributed by atoms with Crippen LogP contribution in [0.2, 0.25) is 0 Å². The van der Waals surface area contributed by atoms with Crippen molar-refractivity contribution in [2.24, 2.45) is 7.05 Å². The van der Waals surface area contributed by atoms with Crippen LogP contribution in [0.15, 0.2) is 41.3 Å². The second kappa shape index (κ2) is 3.77. The van der Waals surface area contributed by atoms with E-state index in [1.54, 1.807) is 4.68 Å². The van der Waals surface area contributed by atoms with Gasteiger partial charge in [-0.25, -0.2) is 9.78 Å². The van der Waals surface area contributed by atoms with Crippen LogP contribution < -0.4 is 5.69 Å². The van der Waals surface area contributed by atoms with Crippen molar-refractivity contribution in [2.45, 2.75) is 0 Å². The van der Waals surface area contributed by atoms with E-state index in [4.69, 9.17) is 0 Å². The second-order valence-electron chi connectivity index (χ2n) is 4.52. The van der Waals surface area contributed by atoms with Crippen LogP contribution in [0.3, 0.4) is 0 Å². The van der Waals surface area contributed by atoms with Crippen molar-refractivity contribution >= 4 is 16.6 Å². The Morgan fingerprint density at radius 2 is 2.00 bits per heavy atom. The highest BCUT2D eigenvalue weighted by Crippen LogP contribution is 2.18. The van der Waals surface area contributed by atoms with Crippen LogP contribution in [0.25, 0.3) is 28.1 Å². The third-order valence-corrected chi connectivity index (χ3v) is 3.15. The standard InChI is InChI=1S/C13H10N6O/c1-18-7-6-10(16-18)11-15-12-8-4-2-3-5-9(8)14-13(20)19(12)17-11/h2-7H,1H3,(H,14,20). The number of fused-ring (bicyclic) bond motifs is 3. The highest BCUT2D eigenvalue weighted by molar-refractivity contribution is 5.91. The number of aryl methyl sites for hydroxylation is 1. The maximum absolute atomic E-state index is 12.0. The first-order valence-electron chi connectivity index (χ1n) is 6.10. The van der Waals surface area contributed by atoms with Gasteiger partial charge < -0.3 is 4.98 Å². The van der Waals surface area contributed by atoms with Gasteiger partial charge in [0.15, 0.2) is 5.65 Å². The molecule has 3 heterocycles. The van der Waals surface area contributed by atoms with Gasteiger partial charge in [0, 0.05) is 18.6 Å². The molecule has 4 rings (SSSR count). The minimum atomic E-state index is -0.312. The van der Waals surface area contributed by atoms with E-state index in [2.05, 4.69) is 20.2 Å². The summed E-state index contributed by atoms with van der Waals surface area (Å²) in [5, 5.41) is 9.33. The number of benzene rings is 1. The molecule has 0 aliphatic heterocycles. The van der Waals surface area contributed by atoms with Crippen LogP contribution in [-0.4, -0.2) is 29.4 Å². The number of para-hydroxylation sites is 1. The zero-order chi connectivity index (χ0) is 13.7. The molecule has 0 saturated carbocycles.